The lowest BCUT2D eigenvalue weighted by molar-refractivity contribution is -0.161. The molecule has 0 aromatic rings. The summed E-state index contributed by atoms with van der Waals surface area (Å²) in [6.07, 6.45) is 64.0. The maximum atomic E-state index is 12.9. The van der Waals surface area contributed by atoms with E-state index in [0.29, 0.717) is 19.3 Å². The van der Waals surface area contributed by atoms with E-state index in [1.54, 1.807) is 0 Å². The molecule has 0 bridgehead atoms. The summed E-state index contributed by atoms with van der Waals surface area (Å²) in [6.45, 7) is 4.45. The highest BCUT2D eigenvalue weighted by molar-refractivity contribution is 7.47. The third-order valence-corrected chi connectivity index (χ3v) is 13.2. The number of aliphatic hydroxyl groups excluding tert-OH is 1. The molecule has 2 N–H and O–H groups in total. The van der Waals surface area contributed by atoms with Gasteiger partial charge in [-0.05, 0) is 116 Å². The van der Waals surface area contributed by atoms with Crippen LogP contribution in [0.3, 0.4) is 0 Å². The molecule has 0 heterocycles. The zero-order valence-electron chi connectivity index (χ0n) is 47.0. The van der Waals surface area contributed by atoms with E-state index in [2.05, 4.69) is 106 Å². The maximum Gasteiger partial charge on any atom is 0.472 e. The fraction of sp³-hybridized carbons (Fsp3) is 0.726. The molecule has 0 aromatic carbocycles. The van der Waals surface area contributed by atoms with Crippen LogP contribution in [0.5, 0.6) is 0 Å². The van der Waals surface area contributed by atoms with Gasteiger partial charge < -0.3 is 24.2 Å². The highest BCUT2D eigenvalue weighted by atomic mass is 31.2. The van der Waals surface area contributed by atoms with Gasteiger partial charge in [0.25, 0.3) is 0 Å². The van der Waals surface area contributed by atoms with E-state index in [-0.39, 0.29) is 25.9 Å². The molecule has 0 spiro atoms. The number of rotatable bonds is 54. The van der Waals surface area contributed by atoms with Gasteiger partial charge in [-0.3, -0.25) is 23.4 Å². The molecule has 0 rings (SSSR count). The first-order valence-corrected chi connectivity index (χ1v) is 31.0. The highest BCUT2D eigenvalue weighted by Gasteiger charge is 2.28. The van der Waals surface area contributed by atoms with Crippen LogP contribution < -0.4 is 0 Å². The van der Waals surface area contributed by atoms with E-state index >= 15 is 0 Å². The van der Waals surface area contributed by atoms with Gasteiger partial charge in [0.1, 0.15) is 12.7 Å². The van der Waals surface area contributed by atoms with E-state index in [1.165, 1.54) is 64.2 Å². The van der Waals surface area contributed by atoms with Crippen LogP contribution in [0.25, 0.3) is 0 Å². The van der Waals surface area contributed by atoms with Gasteiger partial charge in [-0.1, -0.05) is 202 Å². The number of hydrogen-bond acceptors (Lipinski definition) is 10. The van der Waals surface area contributed by atoms with Crippen molar-refractivity contribution < 1.29 is 52.2 Å². The first kappa shape index (κ1) is 70.7. The molecular formula is C62H107O11P. The van der Waals surface area contributed by atoms with Crippen molar-refractivity contribution in [1.82, 2.24) is 0 Å². The fourth-order valence-electron chi connectivity index (χ4n) is 7.78. The average molecular weight is 1060 g/mol. The molecule has 0 radical (unpaired) electrons. The SMILES string of the molecule is CC/C=C\C/C=C\C/C=C\CCCCCC(=O)OCC(COP(=O)(O)OCC(CO)OC(=O)CCCCCCC/C=C\CCCCCCCC)OC(=O)CCCCCCCC/C=C\C/C=C\C/C=C\CCCCC. The van der Waals surface area contributed by atoms with Crippen LogP contribution in [0, 0.1) is 0 Å². The normalized spacial score (nSPS) is 14.0. The van der Waals surface area contributed by atoms with Gasteiger partial charge in [0, 0.05) is 19.3 Å². The van der Waals surface area contributed by atoms with Crippen LogP contribution in [0.2, 0.25) is 0 Å². The molecule has 0 aliphatic rings. The van der Waals surface area contributed by atoms with Crippen molar-refractivity contribution in [2.45, 2.75) is 264 Å². The Hall–Kier alpha value is -3.34. The van der Waals surface area contributed by atoms with Crippen LogP contribution >= 0.6 is 7.82 Å². The number of unbranched alkanes of at least 4 members (excludes halogenated alkanes) is 23. The Bertz CT molecular complexity index is 1560. The fourth-order valence-corrected chi connectivity index (χ4v) is 8.57. The number of phosphoric ester groups is 1. The molecule has 0 aliphatic heterocycles. The van der Waals surface area contributed by atoms with Crippen LogP contribution in [0.1, 0.15) is 252 Å². The van der Waals surface area contributed by atoms with Crippen LogP contribution in [0.15, 0.2) is 85.1 Å². The predicted molar refractivity (Wildman–Crippen MR) is 307 cm³/mol. The van der Waals surface area contributed by atoms with Crippen molar-refractivity contribution in [2.75, 3.05) is 26.4 Å². The Morgan fingerprint density at radius 3 is 1.14 bits per heavy atom. The van der Waals surface area contributed by atoms with Crippen molar-refractivity contribution in [3.05, 3.63) is 85.1 Å². The quantitative estimate of drug-likeness (QED) is 0.0197. The zero-order valence-corrected chi connectivity index (χ0v) is 47.9. The Balaban J connectivity index is 4.76. The summed E-state index contributed by atoms with van der Waals surface area (Å²) in [7, 11) is -4.76. The van der Waals surface area contributed by atoms with E-state index < -0.39 is 57.8 Å². The first-order chi connectivity index (χ1) is 36.2. The number of carbonyl (C=O) groups excluding carboxylic acids is 3. The molecule has 0 aliphatic carbocycles. The Morgan fingerprint density at radius 2 is 0.703 bits per heavy atom. The van der Waals surface area contributed by atoms with Gasteiger partial charge in [-0.15, -0.1) is 0 Å². The summed E-state index contributed by atoms with van der Waals surface area (Å²) < 4.78 is 39.5. The van der Waals surface area contributed by atoms with E-state index in [1.807, 2.05) is 0 Å². The summed E-state index contributed by atoms with van der Waals surface area (Å²) in [4.78, 5) is 48.5. The molecular weight excluding hydrogens is 952 g/mol. The average Bonchev–Trinajstić information content (AvgIpc) is 3.39. The second-order valence-electron chi connectivity index (χ2n) is 19.4. The van der Waals surface area contributed by atoms with Crippen molar-refractivity contribution in [3.8, 4) is 0 Å². The third kappa shape index (κ3) is 53.5. The van der Waals surface area contributed by atoms with Gasteiger partial charge >= 0.3 is 25.7 Å². The molecule has 3 unspecified atom stereocenters. The molecule has 0 saturated heterocycles. The minimum absolute atomic E-state index is 0.143. The summed E-state index contributed by atoms with van der Waals surface area (Å²) in [6, 6.07) is 0. The molecule has 0 amide bonds. The maximum absolute atomic E-state index is 12.9. The molecule has 74 heavy (non-hydrogen) atoms. The molecule has 0 saturated carbocycles. The van der Waals surface area contributed by atoms with Gasteiger partial charge in [0.15, 0.2) is 6.10 Å². The lowest BCUT2D eigenvalue weighted by atomic mass is 10.1. The second kappa shape index (κ2) is 55.9. The Morgan fingerprint density at radius 1 is 0.392 bits per heavy atom. The van der Waals surface area contributed by atoms with Gasteiger partial charge in [0.05, 0.1) is 19.8 Å². The highest BCUT2D eigenvalue weighted by Crippen LogP contribution is 2.43. The van der Waals surface area contributed by atoms with Crippen molar-refractivity contribution in [1.29, 1.82) is 0 Å². The van der Waals surface area contributed by atoms with E-state index in [0.717, 1.165) is 128 Å². The van der Waals surface area contributed by atoms with Crippen molar-refractivity contribution in [3.63, 3.8) is 0 Å². The van der Waals surface area contributed by atoms with Crippen molar-refractivity contribution in [2.24, 2.45) is 0 Å². The predicted octanol–water partition coefficient (Wildman–Crippen LogP) is 17.5. The summed E-state index contributed by atoms with van der Waals surface area (Å²) in [5.41, 5.74) is 0. The minimum atomic E-state index is -4.76. The standard InChI is InChI=1S/C62H107O11P/c1-4-7-10-13-16-19-22-25-27-28-29-30-32-35-38-41-44-47-50-53-62(66)73-59(55-69-60(64)51-48-45-42-39-36-33-24-21-18-15-12-9-6-3)57-71-74(67,68)70-56-58(54-63)72-61(65)52-49-46-43-40-37-34-31-26-23-20-17-14-11-8-5-2/h9,12,16,18-19,21,25-27,29-31,33,36,58-59,63H,4-8,10-11,13-15,17,20,22-24,28,32,34-35,37-57H2,1-3H3,(H,67,68)/b12-9-,19-16-,21-18-,27-25-,30-29-,31-26-,36-33-. The smallest absolute Gasteiger partial charge is 0.462 e. The minimum Gasteiger partial charge on any atom is -0.462 e. The monoisotopic (exact) mass is 1060 g/mol. The van der Waals surface area contributed by atoms with Gasteiger partial charge in [-0.25, -0.2) is 4.57 Å². The van der Waals surface area contributed by atoms with E-state index in [4.69, 9.17) is 23.3 Å². The Labute approximate surface area is 451 Å². The number of esters is 3. The van der Waals surface area contributed by atoms with Crippen LogP contribution in [0.4, 0.5) is 0 Å². The van der Waals surface area contributed by atoms with Gasteiger partial charge in [-0.2, -0.15) is 0 Å². The second-order valence-corrected chi connectivity index (χ2v) is 20.9. The largest absolute Gasteiger partial charge is 0.472 e. The first-order valence-electron chi connectivity index (χ1n) is 29.5. The molecule has 0 aromatic heterocycles. The molecule has 0 fully saturated rings. The molecule has 426 valence electrons. The van der Waals surface area contributed by atoms with Crippen molar-refractivity contribution >= 4 is 25.7 Å². The molecule has 12 heteroatoms. The number of hydrogen-bond donors (Lipinski definition) is 2. The van der Waals surface area contributed by atoms with Crippen LogP contribution in [-0.4, -0.2) is 66.5 Å². The Kier molecular flexibility index (Phi) is 53.4. The number of phosphoric acid groups is 1. The van der Waals surface area contributed by atoms with E-state index in [9.17, 15) is 28.9 Å². The lowest BCUT2D eigenvalue weighted by Crippen LogP contribution is -2.30. The third-order valence-electron chi connectivity index (χ3n) is 12.3. The topological polar surface area (TPSA) is 155 Å². The number of ether oxygens (including phenoxy) is 3. The van der Waals surface area contributed by atoms with Crippen LogP contribution in [-0.2, 0) is 42.2 Å². The summed E-state index contributed by atoms with van der Waals surface area (Å²) in [5, 5.41) is 9.82. The van der Waals surface area contributed by atoms with Gasteiger partial charge in [0.2, 0.25) is 0 Å². The number of carbonyl (C=O) groups is 3. The zero-order chi connectivity index (χ0) is 54.1. The molecule has 3 atom stereocenters. The number of allylic oxidation sites excluding steroid dienone is 14. The molecule has 11 nitrogen and oxygen atoms in total. The lowest BCUT2D eigenvalue weighted by Gasteiger charge is -2.21. The number of aliphatic hydroxyl groups is 1. The summed E-state index contributed by atoms with van der Waals surface area (Å²) in [5.74, 6) is -1.52. The summed E-state index contributed by atoms with van der Waals surface area (Å²) >= 11 is 0.